The van der Waals surface area contributed by atoms with Gasteiger partial charge in [-0.1, -0.05) is 12.1 Å². The fourth-order valence-electron chi connectivity index (χ4n) is 2.11. The number of carbonyl (C=O) groups excluding carboxylic acids is 1. The van der Waals surface area contributed by atoms with E-state index in [-0.39, 0.29) is 5.91 Å². The van der Waals surface area contributed by atoms with Gasteiger partial charge in [-0.3, -0.25) is 4.79 Å². The third-order valence-electron chi connectivity index (χ3n) is 3.27. The van der Waals surface area contributed by atoms with Crippen LogP contribution in [-0.4, -0.2) is 26.1 Å². The number of amides is 1. The number of hydrogen-bond donors (Lipinski definition) is 2. The van der Waals surface area contributed by atoms with E-state index in [0.29, 0.717) is 6.54 Å². The lowest BCUT2D eigenvalue weighted by Crippen LogP contribution is -3.11. The normalized spacial score (nSPS) is 11.9. The molecule has 2 rings (SSSR count). The van der Waals surface area contributed by atoms with E-state index in [9.17, 15) is 4.79 Å². The Kier molecular flexibility index (Phi) is 5.78. The molecule has 5 heteroatoms. The van der Waals surface area contributed by atoms with Gasteiger partial charge in [-0.2, -0.15) is 0 Å². The van der Waals surface area contributed by atoms with Gasteiger partial charge in [0.05, 0.1) is 18.5 Å². The predicted octanol–water partition coefficient (Wildman–Crippen LogP) is 1.80. The minimum absolute atomic E-state index is 0.0247. The molecule has 0 bridgehead atoms. The summed E-state index contributed by atoms with van der Waals surface area (Å²) < 4.78 is 5.15. The molecule has 1 atom stereocenters. The number of rotatable bonds is 7. The molecule has 1 unspecified atom stereocenters. The molecule has 2 N–H and O–H groups in total. The van der Waals surface area contributed by atoms with Crippen molar-refractivity contribution in [1.82, 2.24) is 0 Å². The molecule has 0 fully saturated rings. The van der Waals surface area contributed by atoms with Crippen LogP contribution in [0.5, 0.6) is 5.75 Å². The Morgan fingerprint density at radius 2 is 2.19 bits per heavy atom. The van der Waals surface area contributed by atoms with E-state index in [1.54, 1.807) is 18.4 Å². The van der Waals surface area contributed by atoms with Crippen LogP contribution in [0.4, 0.5) is 5.69 Å². The Bertz CT molecular complexity index is 569. The van der Waals surface area contributed by atoms with E-state index in [1.807, 2.05) is 30.3 Å². The lowest BCUT2D eigenvalue weighted by atomic mass is 10.3. The van der Waals surface area contributed by atoms with Crippen LogP contribution in [0.3, 0.4) is 0 Å². The second-order valence-corrected chi connectivity index (χ2v) is 5.85. The molecule has 0 aliphatic rings. The molecule has 1 amide bonds. The smallest absolute Gasteiger partial charge is 0.279 e. The maximum Gasteiger partial charge on any atom is 0.279 e. The monoisotopic (exact) mass is 305 g/mol. The maximum atomic E-state index is 12.1. The van der Waals surface area contributed by atoms with Gasteiger partial charge < -0.3 is 15.0 Å². The third kappa shape index (κ3) is 4.88. The number of methoxy groups -OCH3 is 1. The summed E-state index contributed by atoms with van der Waals surface area (Å²) in [5.74, 6) is 0.766. The minimum Gasteiger partial charge on any atom is -0.497 e. The number of thiophene rings is 1. The number of anilines is 1. The number of nitrogens with one attached hydrogen (secondary N) is 2. The average molecular weight is 305 g/mol. The Hall–Kier alpha value is -1.85. The fourth-order valence-corrected chi connectivity index (χ4v) is 2.88. The van der Waals surface area contributed by atoms with Crippen LogP contribution in [0.15, 0.2) is 41.8 Å². The number of benzene rings is 1. The highest BCUT2D eigenvalue weighted by molar-refractivity contribution is 7.09. The van der Waals surface area contributed by atoms with E-state index in [2.05, 4.69) is 23.7 Å². The van der Waals surface area contributed by atoms with Crippen LogP contribution >= 0.6 is 11.3 Å². The van der Waals surface area contributed by atoms with Crippen molar-refractivity contribution in [3.63, 3.8) is 0 Å². The lowest BCUT2D eigenvalue weighted by molar-refractivity contribution is -0.903. The van der Waals surface area contributed by atoms with Crippen LogP contribution in [0.2, 0.25) is 0 Å². The zero-order valence-corrected chi connectivity index (χ0v) is 13.2. The van der Waals surface area contributed by atoms with E-state index in [0.717, 1.165) is 24.5 Å². The molecule has 1 aromatic heterocycles. The summed E-state index contributed by atoms with van der Waals surface area (Å²) >= 11 is 1.73. The van der Waals surface area contributed by atoms with Crippen molar-refractivity contribution in [3.8, 4) is 5.75 Å². The van der Waals surface area contributed by atoms with E-state index in [1.165, 1.54) is 9.78 Å². The Labute approximate surface area is 129 Å². The summed E-state index contributed by atoms with van der Waals surface area (Å²) in [6, 6.07) is 11.6. The van der Waals surface area contributed by atoms with Crippen LogP contribution < -0.4 is 15.0 Å². The second kappa shape index (κ2) is 7.81. The molecule has 2 aromatic rings. The van der Waals surface area contributed by atoms with E-state index in [4.69, 9.17) is 4.74 Å². The van der Waals surface area contributed by atoms with Gasteiger partial charge in [0.25, 0.3) is 5.91 Å². The van der Waals surface area contributed by atoms with Gasteiger partial charge in [-0.05, 0) is 30.5 Å². The first-order chi connectivity index (χ1) is 10.2. The van der Waals surface area contributed by atoms with Crippen LogP contribution in [-0.2, 0) is 11.3 Å². The summed E-state index contributed by atoms with van der Waals surface area (Å²) in [4.78, 5) is 14.7. The zero-order chi connectivity index (χ0) is 15.1. The molecule has 0 aliphatic heterocycles. The molecule has 0 radical (unpaired) electrons. The maximum absolute atomic E-state index is 12.1. The minimum atomic E-state index is 0.0247. The molecule has 1 heterocycles. The van der Waals surface area contributed by atoms with Gasteiger partial charge >= 0.3 is 0 Å². The van der Waals surface area contributed by atoms with Gasteiger partial charge in [0.1, 0.15) is 12.3 Å². The molecule has 0 aliphatic carbocycles. The molecule has 0 saturated heterocycles. The summed E-state index contributed by atoms with van der Waals surface area (Å²) in [5.41, 5.74) is 0.769. The average Bonchev–Trinajstić information content (AvgIpc) is 2.99. The Balaban J connectivity index is 1.90. The number of likely N-dealkylation sites (N-methyl/N-ethyl adjacent to an activating group) is 1. The SMILES string of the molecule is CC[NH+](CC(=O)Nc1cccc(OC)c1)Cc1cccs1. The number of quaternary nitrogens is 1. The summed E-state index contributed by atoms with van der Waals surface area (Å²) in [6.45, 7) is 4.37. The highest BCUT2D eigenvalue weighted by Gasteiger charge is 2.14. The van der Waals surface area contributed by atoms with Crippen LogP contribution in [0.1, 0.15) is 11.8 Å². The van der Waals surface area contributed by atoms with Crippen molar-refractivity contribution in [2.45, 2.75) is 13.5 Å². The summed E-state index contributed by atoms with van der Waals surface area (Å²) in [6.07, 6.45) is 0. The van der Waals surface area contributed by atoms with Gasteiger partial charge in [-0.15, -0.1) is 11.3 Å². The van der Waals surface area contributed by atoms with Gasteiger partial charge in [0.2, 0.25) is 0 Å². The number of hydrogen-bond acceptors (Lipinski definition) is 3. The molecule has 112 valence electrons. The quantitative estimate of drug-likeness (QED) is 0.819. The topological polar surface area (TPSA) is 42.8 Å². The lowest BCUT2D eigenvalue weighted by Gasteiger charge is -2.16. The van der Waals surface area contributed by atoms with Crippen LogP contribution in [0, 0.1) is 0 Å². The summed E-state index contributed by atoms with van der Waals surface area (Å²) in [5, 5.41) is 4.99. The molecule has 21 heavy (non-hydrogen) atoms. The third-order valence-corrected chi connectivity index (χ3v) is 4.14. The van der Waals surface area contributed by atoms with Crippen LogP contribution in [0.25, 0.3) is 0 Å². The van der Waals surface area contributed by atoms with Crippen molar-refractivity contribution in [3.05, 3.63) is 46.7 Å². The van der Waals surface area contributed by atoms with E-state index >= 15 is 0 Å². The van der Waals surface area contributed by atoms with Gasteiger partial charge in [0.15, 0.2) is 6.54 Å². The standard InChI is InChI=1S/C16H20N2O2S/c1-3-18(11-15-8-5-9-21-15)12-16(19)17-13-6-4-7-14(10-13)20-2/h4-10H,3,11-12H2,1-2H3,(H,17,19)/p+1. The fraction of sp³-hybridized carbons (Fsp3) is 0.312. The zero-order valence-electron chi connectivity index (χ0n) is 12.4. The van der Waals surface area contributed by atoms with Crippen molar-refractivity contribution in [2.75, 3.05) is 25.5 Å². The highest BCUT2D eigenvalue weighted by Crippen LogP contribution is 2.16. The largest absolute Gasteiger partial charge is 0.497 e. The Morgan fingerprint density at radius 1 is 1.33 bits per heavy atom. The van der Waals surface area contributed by atoms with Crippen molar-refractivity contribution in [2.24, 2.45) is 0 Å². The molecule has 0 spiro atoms. The first-order valence-electron chi connectivity index (χ1n) is 7.01. The summed E-state index contributed by atoms with van der Waals surface area (Å²) in [7, 11) is 1.62. The first-order valence-corrected chi connectivity index (χ1v) is 7.89. The molecule has 4 nitrogen and oxygen atoms in total. The molecule has 0 saturated carbocycles. The van der Waals surface area contributed by atoms with Crippen molar-refractivity contribution >= 4 is 22.9 Å². The van der Waals surface area contributed by atoms with Crippen molar-refractivity contribution in [1.29, 1.82) is 0 Å². The number of ether oxygens (including phenoxy) is 1. The number of carbonyl (C=O) groups is 1. The predicted molar refractivity (Wildman–Crippen MR) is 86.0 cm³/mol. The molecule has 1 aromatic carbocycles. The molecular weight excluding hydrogens is 284 g/mol. The second-order valence-electron chi connectivity index (χ2n) is 4.82. The van der Waals surface area contributed by atoms with Crippen molar-refractivity contribution < 1.29 is 14.4 Å². The molecular formula is C16H21N2O2S+. The van der Waals surface area contributed by atoms with Gasteiger partial charge in [0, 0.05) is 11.8 Å². The Morgan fingerprint density at radius 3 is 2.86 bits per heavy atom. The first kappa shape index (κ1) is 15.5. The highest BCUT2D eigenvalue weighted by atomic mass is 32.1. The van der Waals surface area contributed by atoms with Gasteiger partial charge in [-0.25, -0.2) is 0 Å². The van der Waals surface area contributed by atoms with E-state index < -0.39 is 0 Å².